The summed E-state index contributed by atoms with van der Waals surface area (Å²) in [6.45, 7) is -0.249. The van der Waals surface area contributed by atoms with E-state index in [0.717, 1.165) is 12.1 Å². The first-order chi connectivity index (χ1) is 11.1. The lowest BCUT2D eigenvalue weighted by Crippen LogP contribution is -2.31. The van der Waals surface area contributed by atoms with Crippen LogP contribution in [0, 0.1) is 10.1 Å². The van der Waals surface area contributed by atoms with Crippen molar-refractivity contribution in [2.75, 3.05) is 25.5 Å². The van der Waals surface area contributed by atoms with Crippen molar-refractivity contribution >= 4 is 33.3 Å². The first-order valence-corrected chi connectivity index (χ1v) is 8.08. The van der Waals surface area contributed by atoms with Crippen molar-refractivity contribution in [3.63, 3.8) is 0 Å². The van der Waals surface area contributed by atoms with Gasteiger partial charge in [-0.25, -0.2) is 13.6 Å². The Morgan fingerprint density at radius 3 is 2.58 bits per heavy atom. The van der Waals surface area contributed by atoms with Crippen LogP contribution in [0.25, 0.3) is 0 Å². The van der Waals surface area contributed by atoms with Gasteiger partial charge in [0.1, 0.15) is 12.2 Å². The van der Waals surface area contributed by atoms with Crippen LogP contribution in [0.4, 0.5) is 11.4 Å². The second-order valence-corrected chi connectivity index (χ2v) is 6.07. The number of nitro groups is 1. The van der Waals surface area contributed by atoms with Crippen molar-refractivity contribution in [2.24, 2.45) is 5.14 Å². The van der Waals surface area contributed by atoms with Gasteiger partial charge in [-0.1, -0.05) is 0 Å². The molecule has 1 amide bonds. The van der Waals surface area contributed by atoms with Crippen molar-refractivity contribution in [3.05, 3.63) is 28.3 Å². The quantitative estimate of drug-likeness (QED) is 0.311. The monoisotopic (exact) mass is 360 g/mol. The van der Waals surface area contributed by atoms with E-state index >= 15 is 0 Å². The summed E-state index contributed by atoms with van der Waals surface area (Å²) in [5, 5.41) is 20.9. The number of rotatable bonds is 8. The van der Waals surface area contributed by atoms with Gasteiger partial charge in [-0.2, -0.15) is 0 Å². The summed E-state index contributed by atoms with van der Waals surface area (Å²) in [7, 11) is -2.89. The third-order valence-electron chi connectivity index (χ3n) is 2.82. The van der Waals surface area contributed by atoms with Crippen LogP contribution < -0.4 is 15.8 Å². The highest BCUT2D eigenvalue weighted by atomic mass is 32.2. The molecule has 0 atom stereocenters. The molecule has 11 nitrogen and oxygen atoms in total. The van der Waals surface area contributed by atoms with Crippen molar-refractivity contribution in [3.8, 4) is 0 Å². The third kappa shape index (κ3) is 5.81. The second-order valence-electron chi connectivity index (χ2n) is 4.51. The topological polar surface area (TPSA) is 171 Å². The van der Waals surface area contributed by atoms with Gasteiger partial charge >= 0.3 is 5.97 Å². The number of hydrogen-bond donors (Lipinski definition) is 3. The molecule has 0 aliphatic heterocycles. The highest BCUT2D eigenvalue weighted by Crippen LogP contribution is 2.27. The maximum absolute atomic E-state index is 11.5. The number of nitro benzene ring substituents is 1. The zero-order valence-corrected chi connectivity index (χ0v) is 13.5. The van der Waals surface area contributed by atoms with Crippen molar-refractivity contribution in [1.82, 2.24) is 5.32 Å². The Labute approximate surface area is 137 Å². The standard InChI is InChI=1S/C12H16N4O7S/c1-23-12(18)7-15-11(17)4-5-14-9-3-2-8(24(13,21)22)6-10(9)16(19)20/h2-3,6,14H,4-5,7H2,1H3,(H,15,17)(H2,13,21,22). The molecule has 1 aromatic carbocycles. The van der Waals surface area contributed by atoms with E-state index in [1.165, 1.54) is 13.2 Å². The molecule has 0 radical (unpaired) electrons. The molecule has 0 saturated heterocycles. The molecule has 0 saturated carbocycles. The van der Waals surface area contributed by atoms with Gasteiger partial charge in [-0.15, -0.1) is 0 Å². The third-order valence-corrected chi connectivity index (χ3v) is 3.73. The minimum absolute atomic E-state index is 0.0303. The predicted octanol–water partition coefficient (Wildman–Crippen LogP) is -0.667. The fourth-order valence-corrected chi connectivity index (χ4v) is 2.16. The Kier molecular flexibility index (Phi) is 6.61. The van der Waals surface area contributed by atoms with E-state index in [-0.39, 0.29) is 25.2 Å². The molecule has 0 unspecified atom stereocenters. The maximum atomic E-state index is 11.5. The van der Waals surface area contributed by atoms with Crippen LogP contribution >= 0.6 is 0 Å². The van der Waals surface area contributed by atoms with E-state index < -0.39 is 37.4 Å². The Bertz CT molecular complexity index is 748. The largest absolute Gasteiger partial charge is 0.468 e. The Hall–Kier alpha value is -2.73. The van der Waals surface area contributed by atoms with Crippen LogP contribution in [0.1, 0.15) is 6.42 Å². The number of methoxy groups -OCH3 is 1. The Balaban J connectivity index is 2.70. The average Bonchev–Trinajstić information content (AvgIpc) is 2.51. The average molecular weight is 360 g/mol. The van der Waals surface area contributed by atoms with Gasteiger partial charge in [-0.3, -0.25) is 19.7 Å². The van der Waals surface area contributed by atoms with Crippen molar-refractivity contribution < 1.29 is 27.7 Å². The number of amides is 1. The van der Waals surface area contributed by atoms with Crippen LogP contribution in [0.15, 0.2) is 23.1 Å². The molecule has 1 aromatic rings. The van der Waals surface area contributed by atoms with Gasteiger partial charge in [0.25, 0.3) is 5.69 Å². The van der Waals surface area contributed by atoms with Gasteiger partial charge in [0, 0.05) is 19.0 Å². The molecular weight excluding hydrogens is 344 g/mol. The number of nitrogens with zero attached hydrogens (tertiary/aromatic N) is 1. The highest BCUT2D eigenvalue weighted by molar-refractivity contribution is 7.89. The minimum Gasteiger partial charge on any atom is -0.468 e. The number of hydrogen-bond acceptors (Lipinski definition) is 8. The molecule has 4 N–H and O–H groups in total. The van der Waals surface area contributed by atoms with Crippen LogP contribution in [-0.4, -0.2) is 45.4 Å². The number of ether oxygens (including phenoxy) is 1. The van der Waals surface area contributed by atoms with Gasteiger partial charge in [-0.05, 0) is 12.1 Å². The van der Waals surface area contributed by atoms with Crippen molar-refractivity contribution in [1.29, 1.82) is 0 Å². The van der Waals surface area contributed by atoms with Gasteiger partial charge in [0.05, 0.1) is 16.9 Å². The molecule has 1 rings (SSSR count). The first-order valence-electron chi connectivity index (χ1n) is 6.53. The lowest BCUT2D eigenvalue weighted by molar-refractivity contribution is -0.384. The summed E-state index contributed by atoms with van der Waals surface area (Å²) in [5.41, 5.74) is -0.454. The number of carbonyl (C=O) groups excluding carboxylic acids is 2. The molecule has 0 aliphatic rings. The van der Waals surface area contributed by atoms with E-state index in [9.17, 15) is 28.1 Å². The molecule has 0 bridgehead atoms. The van der Waals surface area contributed by atoms with Crippen LogP contribution in [0.2, 0.25) is 0 Å². The number of nitrogens with one attached hydrogen (secondary N) is 2. The molecule has 24 heavy (non-hydrogen) atoms. The number of primary sulfonamides is 1. The lowest BCUT2D eigenvalue weighted by Gasteiger charge is -2.08. The van der Waals surface area contributed by atoms with E-state index in [2.05, 4.69) is 15.4 Å². The predicted molar refractivity (Wildman–Crippen MR) is 82.6 cm³/mol. The summed E-state index contributed by atoms with van der Waals surface area (Å²) >= 11 is 0. The van der Waals surface area contributed by atoms with E-state index in [1.807, 2.05) is 0 Å². The SMILES string of the molecule is COC(=O)CNC(=O)CCNc1ccc(S(N)(=O)=O)cc1[N+](=O)[O-]. The zero-order chi connectivity index (χ0) is 18.3. The van der Waals surface area contributed by atoms with Crippen LogP contribution in [-0.2, 0) is 24.3 Å². The van der Waals surface area contributed by atoms with Crippen LogP contribution in [0.5, 0.6) is 0 Å². The number of esters is 1. The first kappa shape index (κ1) is 19.3. The second kappa shape index (κ2) is 8.21. The van der Waals surface area contributed by atoms with Crippen LogP contribution in [0.3, 0.4) is 0 Å². The highest BCUT2D eigenvalue weighted by Gasteiger charge is 2.19. The maximum Gasteiger partial charge on any atom is 0.325 e. The van der Waals surface area contributed by atoms with Crippen molar-refractivity contribution in [2.45, 2.75) is 11.3 Å². The Morgan fingerprint density at radius 2 is 2.04 bits per heavy atom. The van der Waals surface area contributed by atoms with E-state index in [0.29, 0.717) is 0 Å². The molecule has 12 heteroatoms. The number of nitrogens with two attached hydrogens (primary N) is 1. The zero-order valence-electron chi connectivity index (χ0n) is 12.6. The normalized spacial score (nSPS) is 10.8. The Morgan fingerprint density at radius 1 is 1.38 bits per heavy atom. The van der Waals surface area contributed by atoms with E-state index in [1.54, 1.807) is 0 Å². The fourth-order valence-electron chi connectivity index (χ4n) is 1.63. The number of anilines is 1. The van der Waals surface area contributed by atoms with Gasteiger partial charge in [0.2, 0.25) is 15.9 Å². The summed E-state index contributed by atoms with van der Waals surface area (Å²) in [5.74, 6) is -1.07. The molecular formula is C12H16N4O7S. The minimum atomic E-state index is -4.07. The summed E-state index contributed by atoms with van der Waals surface area (Å²) in [6.07, 6.45) is -0.0644. The van der Waals surface area contributed by atoms with E-state index in [4.69, 9.17) is 5.14 Å². The van der Waals surface area contributed by atoms with Gasteiger partial charge < -0.3 is 15.4 Å². The number of sulfonamides is 1. The molecule has 0 spiro atoms. The lowest BCUT2D eigenvalue weighted by atomic mass is 10.2. The molecule has 0 heterocycles. The molecule has 0 aliphatic carbocycles. The summed E-state index contributed by atoms with van der Waals surface area (Å²) in [4.78, 5) is 32.2. The smallest absolute Gasteiger partial charge is 0.325 e. The molecule has 0 aromatic heterocycles. The summed E-state index contributed by atoms with van der Waals surface area (Å²) in [6, 6.07) is 3.13. The molecule has 0 fully saturated rings. The fraction of sp³-hybridized carbons (Fsp3) is 0.333. The van der Waals surface area contributed by atoms with Gasteiger partial charge in [0.15, 0.2) is 0 Å². The molecule has 132 valence electrons. The summed E-state index contributed by atoms with van der Waals surface area (Å²) < 4.78 is 26.8. The number of benzene rings is 1. The number of carbonyl (C=O) groups is 2.